The Kier molecular flexibility index (Phi) is 2.27. The lowest BCUT2D eigenvalue weighted by molar-refractivity contribution is 0.629. The van der Waals surface area contributed by atoms with Crippen LogP contribution in [0, 0.1) is 5.82 Å². The van der Waals surface area contributed by atoms with Crippen LogP contribution in [-0.4, -0.2) is 4.98 Å². The number of pyridine rings is 1. The van der Waals surface area contributed by atoms with Gasteiger partial charge in [0.25, 0.3) is 0 Å². The fourth-order valence-electron chi connectivity index (χ4n) is 2.50. The van der Waals surface area contributed by atoms with Crippen molar-refractivity contribution in [3.8, 4) is 0 Å². The average Bonchev–Trinajstić information content (AvgIpc) is 2.81. The van der Waals surface area contributed by atoms with E-state index in [4.69, 9.17) is 4.42 Å². The van der Waals surface area contributed by atoms with Crippen molar-refractivity contribution in [1.82, 2.24) is 4.98 Å². The van der Waals surface area contributed by atoms with Crippen molar-refractivity contribution in [2.75, 3.05) is 0 Å². The Hall–Kier alpha value is -2.19. The molecule has 0 aliphatic rings. The van der Waals surface area contributed by atoms with Crippen molar-refractivity contribution in [2.45, 2.75) is 0 Å². The van der Waals surface area contributed by atoms with Gasteiger partial charge in [-0.1, -0.05) is 12.1 Å². The zero-order chi connectivity index (χ0) is 13.9. The number of hydrogen-bond acceptors (Lipinski definition) is 2. The highest BCUT2D eigenvalue weighted by atomic mass is 31.0. The number of hydrogen-bond donors (Lipinski definition) is 1. The number of fused-ring (bicyclic) bond motifs is 4. The number of para-hydroxylation sites is 1. The molecular formula is C15H9FNO2P. The highest BCUT2D eigenvalue weighted by molar-refractivity contribution is 7.28. The summed E-state index contributed by atoms with van der Waals surface area (Å²) in [6.07, 6.45) is 0. The molecule has 0 bridgehead atoms. The molecule has 1 atom stereocenters. The molecule has 0 saturated heterocycles. The van der Waals surface area contributed by atoms with Gasteiger partial charge in [-0.3, -0.25) is 4.79 Å². The summed E-state index contributed by atoms with van der Waals surface area (Å²) in [5.74, 6) is -0.440. The molecule has 2 heterocycles. The van der Waals surface area contributed by atoms with Crippen LogP contribution in [-0.2, 0) is 0 Å². The first-order chi connectivity index (χ1) is 9.65. The summed E-state index contributed by atoms with van der Waals surface area (Å²) in [6, 6.07) is 9.79. The van der Waals surface area contributed by atoms with Gasteiger partial charge in [0.2, 0.25) is 5.43 Å². The third kappa shape index (κ3) is 1.46. The van der Waals surface area contributed by atoms with Crippen molar-refractivity contribution in [2.24, 2.45) is 0 Å². The Morgan fingerprint density at radius 3 is 2.80 bits per heavy atom. The van der Waals surface area contributed by atoms with Gasteiger partial charge in [-0.05, 0) is 24.3 Å². The predicted molar refractivity (Wildman–Crippen MR) is 81.1 cm³/mol. The molecule has 0 spiro atoms. The summed E-state index contributed by atoms with van der Waals surface area (Å²) in [7, 11) is 2.58. The summed E-state index contributed by atoms with van der Waals surface area (Å²) in [6.45, 7) is 0. The van der Waals surface area contributed by atoms with Crippen LogP contribution in [0.5, 0.6) is 0 Å². The van der Waals surface area contributed by atoms with Crippen LogP contribution in [0.4, 0.5) is 4.39 Å². The fourth-order valence-corrected chi connectivity index (χ4v) is 2.82. The van der Waals surface area contributed by atoms with E-state index in [2.05, 4.69) is 14.2 Å². The first-order valence-electron chi connectivity index (χ1n) is 6.07. The van der Waals surface area contributed by atoms with Crippen LogP contribution in [0.3, 0.4) is 0 Å². The standard InChI is InChI=1S/C15H9FNO2P/c16-7-4-5-10-9(6-7)13(18)15-12(17-10)8-2-1-3-11(20)14(8)19-15/h1-6H,20H2,(H,17,18). The molecular weight excluding hydrogens is 276 g/mol. The first-order valence-corrected chi connectivity index (χ1v) is 6.65. The smallest absolute Gasteiger partial charge is 0.232 e. The lowest BCUT2D eigenvalue weighted by Gasteiger charge is -1.98. The average molecular weight is 285 g/mol. The number of halogens is 1. The SMILES string of the molecule is O=c1c2cc(F)ccc2[nH]c2c1oc1c(P)cccc12. The second-order valence-electron chi connectivity index (χ2n) is 4.67. The molecule has 4 rings (SSSR count). The van der Waals surface area contributed by atoms with Gasteiger partial charge >= 0.3 is 0 Å². The number of aromatic amines is 1. The van der Waals surface area contributed by atoms with Crippen molar-refractivity contribution in [3.05, 3.63) is 52.4 Å². The fraction of sp³-hybridized carbons (Fsp3) is 0. The largest absolute Gasteiger partial charge is 0.450 e. The van der Waals surface area contributed by atoms with E-state index in [0.717, 1.165) is 10.7 Å². The molecule has 98 valence electrons. The monoisotopic (exact) mass is 285 g/mol. The Balaban J connectivity index is 2.32. The van der Waals surface area contributed by atoms with Gasteiger partial charge in [-0.25, -0.2) is 4.39 Å². The van der Waals surface area contributed by atoms with E-state index in [0.29, 0.717) is 22.0 Å². The van der Waals surface area contributed by atoms with Gasteiger partial charge in [0.1, 0.15) is 11.4 Å². The van der Waals surface area contributed by atoms with Crippen LogP contribution >= 0.6 is 9.24 Å². The molecule has 5 heteroatoms. The van der Waals surface area contributed by atoms with Crippen molar-refractivity contribution in [1.29, 1.82) is 0 Å². The molecule has 0 aliphatic carbocycles. The minimum atomic E-state index is -0.440. The molecule has 0 radical (unpaired) electrons. The van der Waals surface area contributed by atoms with E-state index in [1.165, 1.54) is 12.1 Å². The van der Waals surface area contributed by atoms with E-state index in [1.807, 2.05) is 18.2 Å². The maximum Gasteiger partial charge on any atom is 0.232 e. The number of benzene rings is 2. The van der Waals surface area contributed by atoms with E-state index >= 15 is 0 Å². The third-order valence-electron chi connectivity index (χ3n) is 3.44. The zero-order valence-electron chi connectivity index (χ0n) is 10.2. The number of H-pyrrole nitrogens is 1. The predicted octanol–water partition coefficient (Wildman–Crippen LogP) is 3.07. The van der Waals surface area contributed by atoms with Crippen LogP contribution in [0.15, 0.2) is 45.6 Å². The van der Waals surface area contributed by atoms with Gasteiger partial charge in [-0.15, -0.1) is 9.24 Å². The quantitative estimate of drug-likeness (QED) is 0.505. The van der Waals surface area contributed by atoms with Crippen LogP contribution < -0.4 is 10.7 Å². The minimum Gasteiger partial charge on any atom is -0.450 e. The van der Waals surface area contributed by atoms with Gasteiger partial charge in [0, 0.05) is 10.7 Å². The number of aromatic nitrogens is 1. The van der Waals surface area contributed by atoms with Crippen molar-refractivity contribution >= 4 is 47.5 Å². The number of rotatable bonds is 0. The summed E-state index contributed by atoms with van der Waals surface area (Å²) in [5.41, 5.74) is 1.83. The number of furan rings is 1. The molecule has 0 saturated carbocycles. The zero-order valence-corrected chi connectivity index (χ0v) is 11.4. The molecule has 1 unspecified atom stereocenters. The molecule has 4 aromatic rings. The number of nitrogens with one attached hydrogen (secondary N) is 1. The molecule has 3 nitrogen and oxygen atoms in total. The lowest BCUT2D eigenvalue weighted by Crippen LogP contribution is -2.02. The van der Waals surface area contributed by atoms with Gasteiger partial charge in [-0.2, -0.15) is 0 Å². The van der Waals surface area contributed by atoms with Gasteiger partial charge in [0.15, 0.2) is 5.58 Å². The molecule has 0 amide bonds. The normalized spacial score (nSPS) is 11.7. The van der Waals surface area contributed by atoms with Crippen molar-refractivity contribution < 1.29 is 8.81 Å². The van der Waals surface area contributed by atoms with Gasteiger partial charge < -0.3 is 9.40 Å². The second kappa shape index (κ2) is 3.90. The van der Waals surface area contributed by atoms with Crippen LogP contribution in [0.25, 0.3) is 33.0 Å². The Bertz CT molecular complexity index is 1050. The molecule has 2 aromatic heterocycles. The van der Waals surface area contributed by atoms with E-state index in [1.54, 1.807) is 6.07 Å². The van der Waals surface area contributed by atoms with E-state index in [9.17, 15) is 9.18 Å². The third-order valence-corrected chi connectivity index (χ3v) is 3.89. The Labute approximate surface area is 114 Å². The Morgan fingerprint density at radius 2 is 1.95 bits per heavy atom. The summed E-state index contributed by atoms with van der Waals surface area (Å²) < 4.78 is 19.0. The van der Waals surface area contributed by atoms with E-state index in [-0.39, 0.29) is 11.0 Å². The van der Waals surface area contributed by atoms with Crippen molar-refractivity contribution in [3.63, 3.8) is 0 Å². The highest BCUT2D eigenvalue weighted by Crippen LogP contribution is 2.26. The summed E-state index contributed by atoms with van der Waals surface area (Å²) >= 11 is 0. The van der Waals surface area contributed by atoms with Gasteiger partial charge in [0.05, 0.1) is 16.4 Å². The van der Waals surface area contributed by atoms with Crippen LogP contribution in [0.2, 0.25) is 0 Å². The summed E-state index contributed by atoms with van der Waals surface area (Å²) in [4.78, 5) is 15.6. The lowest BCUT2D eigenvalue weighted by atomic mass is 10.1. The van der Waals surface area contributed by atoms with E-state index < -0.39 is 5.82 Å². The maximum absolute atomic E-state index is 13.3. The summed E-state index contributed by atoms with van der Waals surface area (Å²) in [5, 5.41) is 2.01. The minimum absolute atomic E-state index is 0.230. The Morgan fingerprint density at radius 1 is 1.10 bits per heavy atom. The molecule has 20 heavy (non-hydrogen) atoms. The molecule has 0 aliphatic heterocycles. The molecule has 0 fully saturated rings. The highest BCUT2D eigenvalue weighted by Gasteiger charge is 2.14. The molecule has 1 N–H and O–H groups in total. The first kappa shape index (κ1) is 11.6. The molecule has 2 aromatic carbocycles. The second-order valence-corrected chi connectivity index (χ2v) is 5.30. The van der Waals surface area contributed by atoms with Crippen LogP contribution in [0.1, 0.15) is 0 Å². The maximum atomic E-state index is 13.3. The topological polar surface area (TPSA) is 46.0 Å².